The Hall–Kier alpha value is -1.67. The van der Waals surface area contributed by atoms with E-state index >= 15 is 0 Å². The zero-order chi connectivity index (χ0) is 16.8. The predicted molar refractivity (Wildman–Crippen MR) is 74.9 cm³/mol. The summed E-state index contributed by atoms with van der Waals surface area (Å²) in [7, 11) is 1.45. The van der Waals surface area contributed by atoms with Gasteiger partial charge in [0.15, 0.2) is 6.10 Å². The van der Waals surface area contributed by atoms with Gasteiger partial charge in [0.2, 0.25) is 0 Å². The van der Waals surface area contributed by atoms with Crippen LogP contribution in [-0.2, 0) is 6.54 Å². The number of hydrogen-bond acceptors (Lipinski definition) is 3. The molecule has 1 atom stereocenters. The highest BCUT2D eigenvalue weighted by atomic mass is 35.5. The predicted octanol–water partition coefficient (Wildman–Crippen LogP) is 2.46. The molecule has 0 spiro atoms. The van der Waals surface area contributed by atoms with Crippen molar-refractivity contribution in [3.63, 3.8) is 0 Å². The van der Waals surface area contributed by atoms with Crippen molar-refractivity contribution in [3.05, 3.63) is 28.8 Å². The highest BCUT2D eigenvalue weighted by Gasteiger charge is 2.37. The van der Waals surface area contributed by atoms with E-state index in [1.165, 1.54) is 7.11 Å². The third kappa shape index (κ3) is 5.98. The maximum Gasteiger partial charge on any atom is 0.414 e. The molecule has 0 aromatic heterocycles. The molecule has 124 valence electrons. The number of aliphatic hydroxyl groups excluding tert-OH is 1. The average molecular weight is 341 g/mol. The molecule has 0 heterocycles. The number of urea groups is 1. The van der Waals surface area contributed by atoms with Crippen molar-refractivity contribution in [2.45, 2.75) is 25.2 Å². The summed E-state index contributed by atoms with van der Waals surface area (Å²) >= 11 is 5.80. The summed E-state index contributed by atoms with van der Waals surface area (Å²) in [5.74, 6) is 0.486. The van der Waals surface area contributed by atoms with Gasteiger partial charge in [-0.05, 0) is 18.6 Å². The number of hydrogen-bond donors (Lipinski definition) is 3. The maximum absolute atomic E-state index is 12.1. The molecule has 1 aromatic rings. The number of aliphatic hydroxyl groups is 1. The Labute approximate surface area is 130 Å². The molecule has 1 aromatic carbocycles. The second-order valence-corrected chi connectivity index (χ2v) is 4.85. The minimum atomic E-state index is -4.69. The van der Waals surface area contributed by atoms with Crippen LogP contribution in [0.3, 0.4) is 0 Å². The van der Waals surface area contributed by atoms with Gasteiger partial charge in [-0.15, -0.1) is 0 Å². The van der Waals surface area contributed by atoms with Crippen molar-refractivity contribution in [3.8, 4) is 5.75 Å². The van der Waals surface area contributed by atoms with Crippen molar-refractivity contribution in [2.75, 3.05) is 13.7 Å². The first kappa shape index (κ1) is 18.4. The van der Waals surface area contributed by atoms with E-state index in [0.29, 0.717) is 16.3 Å². The van der Waals surface area contributed by atoms with E-state index in [-0.39, 0.29) is 13.1 Å². The molecule has 3 N–H and O–H groups in total. The number of nitrogens with one attached hydrogen (secondary N) is 2. The van der Waals surface area contributed by atoms with Gasteiger partial charge < -0.3 is 20.5 Å². The van der Waals surface area contributed by atoms with E-state index in [1.54, 1.807) is 18.2 Å². The molecule has 0 saturated carbocycles. The van der Waals surface area contributed by atoms with Crippen LogP contribution in [0.5, 0.6) is 5.75 Å². The van der Waals surface area contributed by atoms with E-state index in [0.717, 1.165) is 0 Å². The lowest BCUT2D eigenvalue weighted by Crippen LogP contribution is -2.38. The van der Waals surface area contributed by atoms with Crippen LogP contribution in [0, 0.1) is 0 Å². The van der Waals surface area contributed by atoms with E-state index < -0.39 is 24.7 Å². The van der Waals surface area contributed by atoms with Crippen LogP contribution in [0.4, 0.5) is 18.0 Å². The van der Waals surface area contributed by atoms with Crippen LogP contribution >= 0.6 is 11.6 Å². The Bertz CT molecular complexity index is 512. The van der Waals surface area contributed by atoms with Crippen LogP contribution in [-0.4, -0.2) is 37.1 Å². The van der Waals surface area contributed by atoms with Gasteiger partial charge in [-0.25, -0.2) is 4.79 Å². The summed E-state index contributed by atoms with van der Waals surface area (Å²) in [6.07, 6.45) is -7.75. The second kappa shape index (κ2) is 8.09. The summed E-state index contributed by atoms with van der Waals surface area (Å²) in [4.78, 5) is 11.5. The zero-order valence-electron chi connectivity index (χ0n) is 11.7. The fourth-order valence-corrected chi connectivity index (χ4v) is 1.75. The van der Waals surface area contributed by atoms with Crippen molar-refractivity contribution in [1.82, 2.24) is 10.6 Å². The van der Waals surface area contributed by atoms with Crippen molar-refractivity contribution < 1.29 is 27.8 Å². The SMILES string of the molecule is COc1cc(Cl)ccc1CNC(=O)NCC[C@H](O)C(F)(F)F. The van der Waals surface area contributed by atoms with Gasteiger partial charge in [-0.1, -0.05) is 17.7 Å². The highest BCUT2D eigenvalue weighted by Crippen LogP contribution is 2.23. The average Bonchev–Trinajstić information content (AvgIpc) is 2.44. The molecule has 0 fully saturated rings. The molecular weight excluding hydrogens is 325 g/mol. The van der Waals surface area contributed by atoms with Gasteiger partial charge in [-0.2, -0.15) is 13.2 Å². The molecule has 0 saturated heterocycles. The molecule has 0 unspecified atom stereocenters. The topological polar surface area (TPSA) is 70.6 Å². The number of alkyl halides is 3. The minimum absolute atomic E-state index is 0.119. The van der Waals surface area contributed by atoms with E-state index in [1.807, 2.05) is 0 Å². The molecule has 0 radical (unpaired) electrons. The number of carbonyl (C=O) groups excluding carboxylic acids is 1. The van der Waals surface area contributed by atoms with Crippen LogP contribution in [0.2, 0.25) is 5.02 Å². The molecule has 0 aliphatic rings. The molecule has 1 rings (SSSR count). The van der Waals surface area contributed by atoms with Crippen molar-refractivity contribution in [1.29, 1.82) is 0 Å². The molecule has 2 amide bonds. The highest BCUT2D eigenvalue weighted by molar-refractivity contribution is 6.30. The molecule has 22 heavy (non-hydrogen) atoms. The van der Waals surface area contributed by atoms with Crippen molar-refractivity contribution >= 4 is 17.6 Å². The Morgan fingerprint density at radius 2 is 2.09 bits per heavy atom. The third-order valence-corrected chi connectivity index (χ3v) is 3.00. The number of benzene rings is 1. The normalized spacial score (nSPS) is 12.6. The molecule has 9 heteroatoms. The fraction of sp³-hybridized carbons (Fsp3) is 0.462. The van der Waals surface area contributed by atoms with Gasteiger partial charge in [-0.3, -0.25) is 0 Å². The smallest absolute Gasteiger partial charge is 0.414 e. The summed E-state index contributed by atoms with van der Waals surface area (Å²) in [5.41, 5.74) is 0.664. The number of halogens is 4. The van der Waals surface area contributed by atoms with Gasteiger partial charge >= 0.3 is 12.2 Å². The Morgan fingerprint density at radius 3 is 2.68 bits per heavy atom. The summed E-state index contributed by atoms with van der Waals surface area (Å²) in [6, 6.07) is 4.22. The van der Waals surface area contributed by atoms with Crippen LogP contribution in [0.15, 0.2) is 18.2 Å². The molecule has 5 nitrogen and oxygen atoms in total. The second-order valence-electron chi connectivity index (χ2n) is 4.41. The van der Waals surface area contributed by atoms with Crippen LogP contribution < -0.4 is 15.4 Å². The van der Waals surface area contributed by atoms with Crippen LogP contribution in [0.25, 0.3) is 0 Å². The first-order valence-electron chi connectivity index (χ1n) is 6.33. The zero-order valence-corrected chi connectivity index (χ0v) is 12.5. The minimum Gasteiger partial charge on any atom is -0.496 e. The van der Waals surface area contributed by atoms with Crippen molar-refractivity contribution in [2.24, 2.45) is 0 Å². The quantitative estimate of drug-likeness (QED) is 0.745. The molecular formula is C13H16ClF3N2O3. The first-order valence-corrected chi connectivity index (χ1v) is 6.70. The fourth-order valence-electron chi connectivity index (χ4n) is 1.59. The Morgan fingerprint density at radius 1 is 1.41 bits per heavy atom. The van der Waals surface area contributed by atoms with Gasteiger partial charge in [0, 0.05) is 23.7 Å². The number of amides is 2. The lowest BCUT2D eigenvalue weighted by molar-refractivity contribution is -0.204. The number of carbonyl (C=O) groups is 1. The molecule has 0 bridgehead atoms. The van der Waals surface area contributed by atoms with Gasteiger partial charge in [0.25, 0.3) is 0 Å². The van der Waals surface area contributed by atoms with Gasteiger partial charge in [0.05, 0.1) is 7.11 Å². The summed E-state index contributed by atoms with van der Waals surface area (Å²) < 4.78 is 41.3. The number of rotatable bonds is 6. The van der Waals surface area contributed by atoms with Crippen LogP contribution in [0.1, 0.15) is 12.0 Å². The lowest BCUT2D eigenvalue weighted by Gasteiger charge is -2.15. The monoisotopic (exact) mass is 340 g/mol. The van der Waals surface area contributed by atoms with Gasteiger partial charge in [0.1, 0.15) is 5.75 Å². The number of ether oxygens (including phenoxy) is 1. The summed E-state index contributed by atoms with van der Waals surface area (Å²) in [6.45, 7) is -0.182. The molecule has 0 aliphatic carbocycles. The number of methoxy groups -OCH3 is 1. The Balaban J connectivity index is 2.38. The Kier molecular flexibility index (Phi) is 6.76. The van der Waals surface area contributed by atoms with E-state index in [9.17, 15) is 18.0 Å². The maximum atomic E-state index is 12.1. The van der Waals surface area contributed by atoms with E-state index in [2.05, 4.69) is 10.6 Å². The largest absolute Gasteiger partial charge is 0.496 e. The first-order chi connectivity index (χ1) is 10.2. The molecule has 0 aliphatic heterocycles. The lowest BCUT2D eigenvalue weighted by atomic mass is 10.2. The third-order valence-electron chi connectivity index (χ3n) is 2.77. The summed E-state index contributed by atoms with van der Waals surface area (Å²) in [5, 5.41) is 14.0. The standard InChI is InChI=1S/C13H16ClF3N2O3/c1-22-10-6-9(14)3-2-8(10)7-19-12(21)18-5-4-11(20)13(15,16)17/h2-3,6,11,20H,4-5,7H2,1H3,(H2,18,19,21)/t11-/m0/s1. The van der Waals surface area contributed by atoms with E-state index in [4.69, 9.17) is 21.4 Å².